The van der Waals surface area contributed by atoms with Gasteiger partial charge in [0.05, 0.1) is 5.69 Å². The van der Waals surface area contributed by atoms with Gasteiger partial charge in [0, 0.05) is 33.2 Å². The summed E-state index contributed by atoms with van der Waals surface area (Å²) < 4.78 is 11.1. The zero-order valence-electron chi connectivity index (χ0n) is 18.4. The molecular formula is C28H21N3O3. The van der Waals surface area contributed by atoms with Crippen LogP contribution in [0.5, 0.6) is 0 Å². The number of rotatable bonds is 5. The molecule has 0 radical (unpaired) electrons. The Balaban J connectivity index is 1.24. The lowest BCUT2D eigenvalue weighted by Gasteiger charge is -2.33. The number of hydrogen-bond donors (Lipinski definition) is 1. The molecule has 34 heavy (non-hydrogen) atoms. The Hall–Kier alpha value is -4.13. The summed E-state index contributed by atoms with van der Waals surface area (Å²) in [6.07, 6.45) is -0.445. The summed E-state index contributed by atoms with van der Waals surface area (Å²) in [6.45, 7) is 1.88. The highest BCUT2D eigenvalue weighted by molar-refractivity contribution is 6.09. The van der Waals surface area contributed by atoms with Crippen LogP contribution in [-0.2, 0) is 9.47 Å². The fourth-order valence-corrected chi connectivity index (χ4v) is 4.15. The van der Waals surface area contributed by atoms with Crippen LogP contribution in [0.2, 0.25) is 0 Å². The highest BCUT2D eigenvalue weighted by atomic mass is 16.9. The fraction of sp³-hybridized carbons (Fsp3) is 0.107. The predicted octanol–water partition coefficient (Wildman–Crippen LogP) is 5.91. The standard InChI is InChI=1S/C28H21N3O3/c1-17-33-28(34-17)22-13-9-19(10-14-22)25-23-15-16-24(29-27(23)31-30-25)18-7-11-21(12-8-18)26(32)20-5-3-2-4-6-20/h2-17,28H,1H3,(H,29,30,31). The average Bonchev–Trinajstić information content (AvgIpc) is 3.30. The van der Waals surface area contributed by atoms with Crippen molar-refractivity contribution < 1.29 is 14.3 Å². The molecule has 166 valence electrons. The van der Waals surface area contributed by atoms with Gasteiger partial charge < -0.3 is 9.47 Å². The second-order valence-corrected chi connectivity index (χ2v) is 8.23. The van der Waals surface area contributed by atoms with Gasteiger partial charge >= 0.3 is 0 Å². The van der Waals surface area contributed by atoms with Crippen molar-refractivity contribution in [3.63, 3.8) is 0 Å². The third-order valence-electron chi connectivity index (χ3n) is 5.99. The van der Waals surface area contributed by atoms with Crippen LogP contribution in [-0.4, -0.2) is 27.3 Å². The van der Waals surface area contributed by atoms with Crippen LogP contribution in [0.3, 0.4) is 0 Å². The van der Waals surface area contributed by atoms with Crippen LogP contribution in [0.1, 0.15) is 34.7 Å². The zero-order valence-corrected chi connectivity index (χ0v) is 18.4. The molecule has 0 aliphatic carbocycles. The van der Waals surface area contributed by atoms with Crippen molar-refractivity contribution >= 4 is 16.8 Å². The highest BCUT2D eigenvalue weighted by Gasteiger charge is 2.28. The molecule has 0 saturated carbocycles. The van der Waals surface area contributed by atoms with Gasteiger partial charge in [-0.05, 0) is 19.1 Å². The minimum Gasteiger partial charge on any atom is -0.320 e. The molecule has 6 nitrogen and oxygen atoms in total. The van der Waals surface area contributed by atoms with Crippen molar-refractivity contribution in [3.05, 3.63) is 108 Å². The molecule has 0 unspecified atom stereocenters. The van der Waals surface area contributed by atoms with E-state index in [0.29, 0.717) is 16.8 Å². The van der Waals surface area contributed by atoms with Gasteiger partial charge in [-0.15, -0.1) is 0 Å². The summed E-state index contributed by atoms with van der Waals surface area (Å²) in [5, 5.41) is 8.49. The number of carbonyl (C=O) groups is 1. The van der Waals surface area contributed by atoms with E-state index < -0.39 is 0 Å². The topological polar surface area (TPSA) is 77.1 Å². The third-order valence-corrected chi connectivity index (χ3v) is 5.99. The van der Waals surface area contributed by atoms with E-state index in [1.54, 1.807) is 0 Å². The van der Waals surface area contributed by atoms with Gasteiger partial charge in [-0.1, -0.05) is 78.9 Å². The zero-order chi connectivity index (χ0) is 23.1. The van der Waals surface area contributed by atoms with E-state index in [-0.39, 0.29) is 18.4 Å². The first-order valence-electron chi connectivity index (χ1n) is 11.1. The lowest BCUT2D eigenvalue weighted by Crippen LogP contribution is -2.31. The molecule has 6 heteroatoms. The molecular weight excluding hydrogens is 426 g/mol. The quantitative estimate of drug-likeness (QED) is 0.339. The molecule has 0 amide bonds. The Bertz CT molecular complexity index is 1470. The van der Waals surface area contributed by atoms with Crippen LogP contribution in [0.15, 0.2) is 91.0 Å². The second kappa shape index (κ2) is 8.33. The molecule has 0 atom stereocenters. The summed E-state index contributed by atoms with van der Waals surface area (Å²) in [5.41, 5.74) is 6.59. The van der Waals surface area contributed by atoms with Gasteiger partial charge in [0.25, 0.3) is 0 Å². The van der Waals surface area contributed by atoms with E-state index >= 15 is 0 Å². The normalized spacial score (nSPS) is 17.4. The molecule has 1 aliphatic heterocycles. The molecule has 0 spiro atoms. The van der Waals surface area contributed by atoms with Crippen molar-refractivity contribution in [3.8, 4) is 22.5 Å². The maximum Gasteiger partial charge on any atom is 0.193 e. The van der Waals surface area contributed by atoms with Crippen LogP contribution >= 0.6 is 0 Å². The van der Waals surface area contributed by atoms with Crippen LogP contribution < -0.4 is 0 Å². The Morgan fingerprint density at radius 1 is 0.794 bits per heavy atom. The van der Waals surface area contributed by atoms with Crippen LogP contribution in [0.4, 0.5) is 0 Å². The van der Waals surface area contributed by atoms with Gasteiger partial charge in [-0.3, -0.25) is 9.89 Å². The van der Waals surface area contributed by atoms with Crippen molar-refractivity contribution in [2.24, 2.45) is 0 Å². The summed E-state index contributed by atoms with van der Waals surface area (Å²) in [4.78, 5) is 17.4. The Kier molecular flexibility index (Phi) is 5.02. The summed E-state index contributed by atoms with van der Waals surface area (Å²) in [7, 11) is 0. The first-order chi connectivity index (χ1) is 16.7. The summed E-state index contributed by atoms with van der Waals surface area (Å²) in [6, 6.07) is 28.8. The first-order valence-corrected chi connectivity index (χ1v) is 11.1. The van der Waals surface area contributed by atoms with E-state index in [1.165, 1.54) is 0 Å². The first kappa shape index (κ1) is 20.5. The monoisotopic (exact) mass is 447 g/mol. The second-order valence-electron chi connectivity index (χ2n) is 8.23. The molecule has 0 bridgehead atoms. The lowest BCUT2D eigenvalue weighted by atomic mass is 10.0. The van der Waals surface area contributed by atoms with Gasteiger partial charge in [-0.25, -0.2) is 4.98 Å². The van der Waals surface area contributed by atoms with Crippen molar-refractivity contribution in [1.82, 2.24) is 15.2 Å². The Labute approximate surface area is 196 Å². The van der Waals surface area contributed by atoms with E-state index in [2.05, 4.69) is 10.2 Å². The third kappa shape index (κ3) is 3.69. The number of nitrogens with zero attached hydrogens (tertiary/aromatic N) is 2. The smallest absolute Gasteiger partial charge is 0.193 e. The molecule has 1 N–H and O–H groups in total. The number of H-pyrrole nitrogens is 1. The van der Waals surface area contributed by atoms with Gasteiger partial charge in [0.2, 0.25) is 0 Å². The molecule has 6 rings (SSSR count). The number of ether oxygens (including phenoxy) is 2. The molecule has 3 heterocycles. The number of aromatic amines is 1. The predicted molar refractivity (Wildman–Crippen MR) is 129 cm³/mol. The number of nitrogens with one attached hydrogen (secondary N) is 1. The molecule has 1 saturated heterocycles. The molecule has 5 aromatic rings. The summed E-state index contributed by atoms with van der Waals surface area (Å²) >= 11 is 0. The number of pyridine rings is 1. The SMILES string of the molecule is CC1OC(c2ccc(-c3n[nH]c4nc(-c5ccc(C(=O)c6ccccc6)cc5)ccc34)cc2)O1. The van der Waals surface area contributed by atoms with Crippen LogP contribution in [0.25, 0.3) is 33.5 Å². The van der Waals surface area contributed by atoms with E-state index in [1.807, 2.05) is 97.9 Å². The summed E-state index contributed by atoms with van der Waals surface area (Å²) in [5.74, 6) is 0.00438. The van der Waals surface area contributed by atoms with E-state index in [0.717, 1.165) is 33.5 Å². The lowest BCUT2D eigenvalue weighted by molar-refractivity contribution is -0.382. The number of ketones is 1. The minimum atomic E-state index is -0.293. The van der Waals surface area contributed by atoms with Crippen molar-refractivity contribution in [2.75, 3.05) is 0 Å². The minimum absolute atomic E-state index is 0.00438. The Morgan fingerprint density at radius 3 is 2.18 bits per heavy atom. The maximum atomic E-state index is 12.7. The number of fused-ring (bicyclic) bond motifs is 1. The molecule has 3 aromatic carbocycles. The van der Waals surface area contributed by atoms with Crippen LogP contribution in [0, 0.1) is 0 Å². The molecule has 1 fully saturated rings. The average molecular weight is 447 g/mol. The van der Waals surface area contributed by atoms with Gasteiger partial charge in [-0.2, -0.15) is 5.10 Å². The van der Waals surface area contributed by atoms with Gasteiger partial charge in [0.15, 0.2) is 24.0 Å². The Morgan fingerprint density at radius 2 is 1.47 bits per heavy atom. The highest BCUT2D eigenvalue weighted by Crippen LogP contribution is 2.33. The van der Waals surface area contributed by atoms with E-state index in [9.17, 15) is 4.79 Å². The fourth-order valence-electron chi connectivity index (χ4n) is 4.15. The number of benzene rings is 3. The number of aromatic nitrogens is 3. The number of carbonyl (C=O) groups excluding carboxylic acids is 1. The van der Waals surface area contributed by atoms with Gasteiger partial charge in [0.1, 0.15) is 5.69 Å². The van der Waals surface area contributed by atoms with Crippen molar-refractivity contribution in [1.29, 1.82) is 0 Å². The maximum absolute atomic E-state index is 12.7. The molecule has 1 aliphatic rings. The van der Waals surface area contributed by atoms with E-state index in [4.69, 9.17) is 14.5 Å². The number of hydrogen-bond acceptors (Lipinski definition) is 5. The molecule has 2 aromatic heterocycles. The van der Waals surface area contributed by atoms with Crippen molar-refractivity contribution in [2.45, 2.75) is 19.5 Å². The largest absolute Gasteiger partial charge is 0.320 e.